The molecule has 5 heteroatoms. The van der Waals surface area contributed by atoms with Crippen LogP contribution in [-0.2, 0) is 17.8 Å². The number of nitrogens with zero attached hydrogens (tertiary/aromatic N) is 1. The third-order valence-electron chi connectivity index (χ3n) is 3.45. The predicted molar refractivity (Wildman–Crippen MR) is 73.0 cm³/mol. The molecule has 104 valence electrons. The number of aryl methyl sites for hydroxylation is 1. The highest BCUT2D eigenvalue weighted by atomic mass is 16.3. The van der Waals surface area contributed by atoms with Crippen molar-refractivity contribution in [3.05, 3.63) is 29.3 Å². The fourth-order valence-electron chi connectivity index (χ4n) is 2.51. The average molecular weight is 264 g/mol. The van der Waals surface area contributed by atoms with E-state index in [1.165, 1.54) is 10.5 Å². The number of fused-ring (bicyclic) bond motifs is 1. The van der Waals surface area contributed by atoms with Gasteiger partial charge in [-0.3, -0.25) is 4.79 Å². The Morgan fingerprint density at radius 3 is 2.68 bits per heavy atom. The van der Waals surface area contributed by atoms with Crippen molar-refractivity contribution in [3.63, 3.8) is 0 Å². The Hall–Kier alpha value is -1.43. The van der Waals surface area contributed by atoms with Crippen molar-refractivity contribution in [2.24, 2.45) is 0 Å². The number of carbonyl (C=O) groups excluding carboxylic acids is 1. The molecular weight excluding hydrogens is 244 g/mol. The quantitative estimate of drug-likeness (QED) is 0.702. The van der Waals surface area contributed by atoms with Gasteiger partial charge >= 0.3 is 0 Å². The van der Waals surface area contributed by atoms with E-state index in [-0.39, 0.29) is 19.1 Å². The number of hydrogen-bond donors (Lipinski definition) is 3. The standard InChI is InChI=1S/C14H20N2O3/c1-15-7-10-2-4-13-11(6-10)3-5-14(19)16(13)12(8-17)9-18/h2,4,6,12,15,17-18H,3,5,7-9H2,1H3. The van der Waals surface area contributed by atoms with E-state index in [1.54, 1.807) is 0 Å². The molecule has 1 aliphatic rings. The zero-order valence-electron chi connectivity index (χ0n) is 11.1. The molecule has 0 unspecified atom stereocenters. The lowest BCUT2D eigenvalue weighted by Gasteiger charge is -2.34. The molecule has 0 atom stereocenters. The highest BCUT2D eigenvalue weighted by molar-refractivity contribution is 5.97. The molecule has 0 aromatic heterocycles. The molecule has 3 N–H and O–H groups in total. The summed E-state index contributed by atoms with van der Waals surface area (Å²) in [4.78, 5) is 13.5. The van der Waals surface area contributed by atoms with Crippen molar-refractivity contribution in [1.29, 1.82) is 0 Å². The van der Waals surface area contributed by atoms with E-state index >= 15 is 0 Å². The molecule has 1 aliphatic heterocycles. The Balaban J connectivity index is 2.36. The van der Waals surface area contributed by atoms with Gasteiger partial charge in [0.2, 0.25) is 5.91 Å². The van der Waals surface area contributed by atoms with Crippen LogP contribution >= 0.6 is 0 Å². The molecule has 0 bridgehead atoms. The van der Waals surface area contributed by atoms with Gasteiger partial charge in [0.1, 0.15) is 0 Å². The third kappa shape index (κ3) is 2.78. The van der Waals surface area contributed by atoms with E-state index in [2.05, 4.69) is 11.4 Å². The smallest absolute Gasteiger partial charge is 0.227 e. The molecule has 0 radical (unpaired) electrons. The Kier molecular flexibility index (Phi) is 4.52. The maximum atomic E-state index is 12.0. The number of hydrogen-bond acceptors (Lipinski definition) is 4. The summed E-state index contributed by atoms with van der Waals surface area (Å²) in [5.41, 5.74) is 3.07. The maximum absolute atomic E-state index is 12.0. The second-order valence-corrected chi connectivity index (χ2v) is 4.78. The van der Waals surface area contributed by atoms with Gasteiger partial charge in [-0.25, -0.2) is 0 Å². The minimum Gasteiger partial charge on any atom is -0.394 e. The number of anilines is 1. The van der Waals surface area contributed by atoms with Crippen LogP contribution in [0.5, 0.6) is 0 Å². The minimum atomic E-state index is -0.554. The molecule has 1 heterocycles. The van der Waals surface area contributed by atoms with Crippen LogP contribution in [0, 0.1) is 0 Å². The predicted octanol–water partition coefficient (Wildman–Crippen LogP) is 0.0384. The summed E-state index contributed by atoms with van der Waals surface area (Å²) in [7, 11) is 1.89. The highest BCUT2D eigenvalue weighted by Crippen LogP contribution is 2.30. The van der Waals surface area contributed by atoms with Gasteiger partial charge in [0, 0.05) is 18.7 Å². The second-order valence-electron chi connectivity index (χ2n) is 4.78. The van der Waals surface area contributed by atoms with Gasteiger partial charge in [-0.2, -0.15) is 0 Å². The molecule has 1 amide bonds. The summed E-state index contributed by atoms with van der Waals surface area (Å²) < 4.78 is 0. The van der Waals surface area contributed by atoms with Gasteiger partial charge in [0.15, 0.2) is 0 Å². The number of aliphatic hydroxyl groups is 2. The number of amides is 1. The maximum Gasteiger partial charge on any atom is 0.227 e. The second kappa shape index (κ2) is 6.14. The van der Waals surface area contributed by atoms with Crippen molar-refractivity contribution in [2.75, 3.05) is 25.2 Å². The van der Waals surface area contributed by atoms with E-state index in [9.17, 15) is 15.0 Å². The zero-order chi connectivity index (χ0) is 13.8. The van der Waals surface area contributed by atoms with Gasteiger partial charge in [-0.15, -0.1) is 0 Å². The summed E-state index contributed by atoms with van der Waals surface area (Å²) in [6, 6.07) is 5.39. The molecule has 0 spiro atoms. The molecule has 0 fully saturated rings. The van der Waals surface area contributed by atoms with E-state index in [0.717, 1.165) is 17.8 Å². The van der Waals surface area contributed by atoms with Crippen LogP contribution < -0.4 is 10.2 Å². The molecule has 1 aromatic carbocycles. The van der Waals surface area contributed by atoms with E-state index in [1.807, 2.05) is 19.2 Å². The third-order valence-corrected chi connectivity index (χ3v) is 3.45. The van der Waals surface area contributed by atoms with Crippen molar-refractivity contribution < 1.29 is 15.0 Å². The fourth-order valence-corrected chi connectivity index (χ4v) is 2.51. The van der Waals surface area contributed by atoms with Crippen LogP contribution in [0.3, 0.4) is 0 Å². The number of benzene rings is 1. The molecule has 1 aromatic rings. The van der Waals surface area contributed by atoms with Crippen LogP contribution in [0.2, 0.25) is 0 Å². The Labute approximate surface area is 112 Å². The van der Waals surface area contributed by atoms with Gasteiger partial charge in [0.25, 0.3) is 0 Å². The van der Waals surface area contributed by atoms with E-state index < -0.39 is 6.04 Å². The van der Waals surface area contributed by atoms with Crippen molar-refractivity contribution in [3.8, 4) is 0 Å². The normalized spacial score (nSPS) is 14.9. The Bertz CT molecular complexity index is 458. The lowest BCUT2D eigenvalue weighted by molar-refractivity contribution is -0.119. The summed E-state index contributed by atoms with van der Waals surface area (Å²) in [5, 5.41) is 21.7. The molecule has 0 saturated carbocycles. The van der Waals surface area contributed by atoms with Gasteiger partial charge in [-0.1, -0.05) is 12.1 Å². The topological polar surface area (TPSA) is 72.8 Å². The van der Waals surface area contributed by atoms with Crippen molar-refractivity contribution in [2.45, 2.75) is 25.4 Å². The summed E-state index contributed by atoms with van der Waals surface area (Å²) in [6.45, 7) is 0.310. The molecule has 2 rings (SSSR count). The monoisotopic (exact) mass is 264 g/mol. The van der Waals surface area contributed by atoms with Gasteiger partial charge in [-0.05, 0) is 30.7 Å². The van der Waals surface area contributed by atoms with Crippen LogP contribution in [0.4, 0.5) is 5.69 Å². The summed E-state index contributed by atoms with van der Waals surface area (Å²) in [5.74, 6) is -0.0398. The number of rotatable bonds is 5. The minimum absolute atomic E-state index is 0.0398. The van der Waals surface area contributed by atoms with Crippen LogP contribution in [0.25, 0.3) is 0 Å². The number of nitrogens with one attached hydrogen (secondary N) is 1. The number of carbonyl (C=O) groups is 1. The molecule has 5 nitrogen and oxygen atoms in total. The molecule has 0 aliphatic carbocycles. The van der Waals surface area contributed by atoms with Crippen LogP contribution in [0.15, 0.2) is 18.2 Å². The zero-order valence-corrected chi connectivity index (χ0v) is 11.1. The molecule has 19 heavy (non-hydrogen) atoms. The summed E-state index contributed by atoms with van der Waals surface area (Å²) >= 11 is 0. The highest BCUT2D eigenvalue weighted by Gasteiger charge is 2.29. The van der Waals surface area contributed by atoms with Gasteiger partial charge in [0.05, 0.1) is 19.3 Å². The fraction of sp³-hybridized carbons (Fsp3) is 0.500. The first-order chi connectivity index (χ1) is 9.21. The van der Waals surface area contributed by atoms with Gasteiger partial charge < -0.3 is 20.4 Å². The van der Waals surface area contributed by atoms with Crippen molar-refractivity contribution in [1.82, 2.24) is 5.32 Å². The van der Waals surface area contributed by atoms with Crippen molar-refractivity contribution >= 4 is 11.6 Å². The lowest BCUT2D eigenvalue weighted by atomic mass is 9.97. The average Bonchev–Trinajstić information content (AvgIpc) is 2.43. The largest absolute Gasteiger partial charge is 0.394 e. The molecular formula is C14H20N2O3. The SMILES string of the molecule is CNCc1ccc2c(c1)CCC(=O)N2C(CO)CO. The molecule has 0 saturated heterocycles. The van der Waals surface area contributed by atoms with E-state index in [4.69, 9.17) is 0 Å². The summed E-state index contributed by atoms with van der Waals surface area (Å²) in [6.07, 6.45) is 1.14. The number of aliphatic hydroxyl groups excluding tert-OH is 2. The Morgan fingerprint density at radius 2 is 2.05 bits per heavy atom. The first-order valence-corrected chi connectivity index (χ1v) is 6.51. The van der Waals surface area contributed by atoms with E-state index in [0.29, 0.717) is 12.8 Å². The van der Waals surface area contributed by atoms with Crippen LogP contribution in [0.1, 0.15) is 17.5 Å². The lowest BCUT2D eigenvalue weighted by Crippen LogP contribution is -2.47. The first-order valence-electron chi connectivity index (χ1n) is 6.51. The Morgan fingerprint density at radius 1 is 1.32 bits per heavy atom. The van der Waals surface area contributed by atoms with Crippen LogP contribution in [-0.4, -0.2) is 42.4 Å². The first kappa shape index (κ1) is 14.0.